The molecule has 2 aliphatic heterocycles. The monoisotopic (exact) mass is 530 g/mol. The third kappa shape index (κ3) is 15.5. The van der Waals surface area contributed by atoms with Crippen LogP contribution in [0.2, 0.25) is 0 Å². The molecule has 0 unspecified atom stereocenters. The van der Waals surface area contributed by atoms with E-state index < -0.39 is 0 Å². The van der Waals surface area contributed by atoms with Crippen LogP contribution in [0.15, 0.2) is 24.3 Å². The maximum absolute atomic E-state index is 3.64. The van der Waals surface area contributed by atoms with Gasteiger partial charge in [-0.1, -0.05) is 24.3 Å². The van der Waals surface area contributed by atoms with E-state index in [1.54, 1.807) is 0 Å². The zero-order valence-electron chi connectivity index (χ0n) is 24.2. The molecule has 0 spiro atoms. The van der Waals surface area contributed by atoms with Crippen LogP contribution in [0.1, 0.15) is 36.8 Å². The number of benzene rings is 1. The number of hydrogen-bond donors (Lipinski definition) is 6. The fraction of sp³-hybridized carbons (Fsp3) is 0.800. The Bertz CT molecular complexity index is 607. The Balaban J connectivity index is 1.42. The molecule has 0 atom stereocenters. The van der Waals surface area contributed by atoms with Gasteiger partial charge < -0.3 is 41.7 Å². The van der Waals surface area contributed by atoms with Crippen molar-refractivity contribution in [3.05, 3.63) is 35.4 Å². The fourth-order valence-electron chi connectivity index (χ4n) is 5.30. The highest BCUT2D eigenvalue weighted by Gasteiger charge is 2.09. The molecule has 6 N–H and O–H groups in total. The molecule has 0 saturated carbocycles. The smallest absolute Gasteiger partial charge is 0.0107 e. The van der Waals surface area contributed by atoms with E-state index in [9.17, 15) is 0 Å². The molecule has 2 fully saturated rings. The lowest BCUT2D eigenvalue weighted by Gasteiger charge is -2.24. The minimum absolute atomic E-state index is 1.07. The molecule has 0 radical (unpaired) electrons. The van der Waals surface area contributed by atoms with Crippen LogP contribution in [-0.2, 0) is 12.8 Å². The molecule has 8 nitrogen and oxygen atoms in total. The van der Waals surface area contributed by atoms with Crippen molar-refractivity contribution in [1.82, 2.24) is 41.7 Å². The van der Waals surface area contributed by atoms with Gasteiger partial charge in [0.05, 0.1) is 0 Å². The van der Waals surface area contributed by atoms with Gasteiger partial charge in [0.2, 0.25) is 0 Å². The lowest BCUT2D eigenvalue weighted by atomic mass is 10.1. The molecule has 2 aliphatic rings. The van der Waals surface area contributed by atoms with Crippen LogP contribution in [0.3, 0.4) is 0 Å². The zero-order valence-corrected chi connectivity index (χ0v) is 24.2. The average Bonchev–Trinajstić information content (AvgIpc) is 2.94. The van der Waals surface area contributed by atoms with Crippen LogP contribution in [0.5, 0.6) is 0 Å². The van der Waals surface area contributed by atoms with E-state index >= 15 is 0 Å². The molecule has 2 saturated heterocycles. The molecule has 8 heteroatoms. The second kappa shape index (κ2) is 21.7. The maximum Gasteiger partial charge on any atom is 0.0107 e. The van der Waals surface area contributed by atoms with Gasteiger partial charge in [-0.2, -0.15) is 0 Å². The zero-order chi connectivity index (χ0) is 26.4. The first kappa shape index (κ1) is 31.4. The molecule has 0 aliphatic carbocycles. The van der Waals surface area contributed by atoms with Gasteiger partial charge in [-0.25, -0.2) is 0 Å². The molecule has 2 heterocycles. The Morgan fingerprint density at radius 2 is 0.842 bits per heavy atom. The summed E-state index contributed by atoms with van der Waals surface area (Å²) < 4.78 is 0. The summed E-state index contributed by atoms with van der Waals surface area (Å²) in [4.78, 5) is 5.31. The van der Waals surface area contributed by atoms with Crippen LogP contribution < -0.4 is 31.9 Å². The number of hydrogen-bond acceptors (Lipinski definition) is 8. The van der Waals surface area contributed by atoms with Crippen molar-refractivity contribution in [1.29, 1.82) is 0 Å². The molecule has 0 aromatic heterocycles. The first-order valence-corrected chi connectivity index (χ1v) is 15.7. The third-order valence-corrected chi connectivity index (χ3v) is 7.66. The molecule has 38 heavy (non-hydrogen) atoms. The van der Waals surface area contributed by atoms with Crippen LogP contribution >= 0.6 is 0 Å². The lowest BCUT2D eigenvalue weighted by molar-refractivity contribution is 0.270. The van der Waals surface area contributed by atoms with E-state index in [1.807, 2.05) is 0 Å². The van der Waals surface area contributed by atoms with Gasteiger partial charge in [0, 0.05) is 65.4 Å². The molecule has 1 aromatic carbocycles. The lowest BCUT2D eigenvalue weighted by Crippen LogP contribution is -2.38. The second-order valence-corrected chi connectivity index (χ2v) is 10.9. The van der Waals surface area contributed by atoms with E-state index in [4.69, 9.17) is 0 Å². The number of nitrogens with zero attached hydrogens (tertiary/aromatic N) is 2. The van der Waals surface area contributed by atoms with Gasteiger partial charge in [0.25, 0.3) is 0 Å². The highest BCUT2D eigenvalue weighted by Crippen LogP contribution is 2.09. The van der Waals surface area contributed by atoms with Gasteiger partial charge in [-0.05, 0) is 102 Å². The quantitative estimate of drug-likeness (QED) is 0.318. The van der Waals surface area contributed by atoms with Crippen molar-refractivity contribution in [3.63, 3.8) is 0 Å². The van der Waals surface area contributed by atoms with E-state index in [2.05, 4.69) is 66.0 Å². The highest BCUT2D eigenvalue weighted by molar-refractivity contribution is 5.24. The fourth-order valence-corrected chi connectivity index (χ4v) is 5.30. The molecular formula is C30H58N8. The molecular weight excluding hydrogens is 472 g/mol. The predicted octanol–water partition coefficient (Wildman–Crippen LogP) is 0.501. The number of rotatable bonds is 6. The molecule has 218 valence electrons. The predicted molar refractivity (Wildman–Crippen MR) is 162 cm³/mol. The van der Waals surface area contributed by atoms with Crippen LogP contribution in [0, 0.1) is 0 Å². The second-order valence-electron chi connectivity index (χ2n) is 10.9. The van der Waals surface area contributed by atoms with Crippen LogP contribution in [0.4, 0.5) is 0 Å². The molecule has 0 bridgehead atoms. The Hall–Kier alpha value is -1.10. The van der Waals surface area contributed by atoms with Crippen molar-refractivity contribution in [2.45, 2.75) is 38.5 Å². The summed E-state index contributed by atoms with van der Waals surface area (Å²) in [6, 6.07) is 9.39. The van der Waals surface area contributed by atoms with Crippen molar-refractivity contribution in [2.75, 3.05) is 118 Å². The Morgan fingerprint density at radius 3 is 1.29 bits per heavy atom. The minimum atomic E-state index is 1.07. The summed E-state index contributed by atoms with van der Waals surface area (Å²) >= 11 is 0. The van der Waals surface area contributed by atoms with E-state index in [0.29, 0.717) is 0 Å². The minimum Gasteiger partial charge on any atom is -0.315 e. The van der Waals surface area contributed by atoms with Gasteiger partial charge in [0.1, 0.15) is 0 Å². The average molecular weight is 531 g/mol. The summed E-state index contributed by atoms with van der Waals surface area (Å²) in [7, 11) is 0. The van der Waals surface area contributed by atoms with Crippen LogP contribution in [0.25, 0.3) is 0 Å². The van der Waals surface area contributed by atoms with E-state index in [-0.39, 0.29) is 0 Å². The van der Waals surface area contributed by atoms with Gasteiger partial charge >= 0.3 is 0 Å². The summed E-state index contributed by atoms with van der Waals surface area (Å²) in [6.45, 7) is 20.1. The van der Waals surface area contributed by atoms with Crippen molar-refractivity contribution in [3.8, 4) is 0 Å². The topological polar surface area (TPSA) is 78.7 Å². The third-order valence-electron chi connectivity index (χ3n) is 7.66. The molecule has 3 rings (SSSR count). The molecule has 0 amide bonds. The van der Waals surface area contributed by atoms with Gasteiger partial charge in [0.15, 0.2) is 0 Å². The summed E-state index contributed by atoms with van der Waals surface area (Å²) in [5, 5.41) is 21.5. The normalized spacial score (nSPS) is 22.3. The van der Waals surface area contributed by atoms with Crippen molar-refractivity contribution >= 4 is 0 Å². The standard InChI is InChI=1S/C30H58N8/c1-6-29(8-24-37-22-4-14-33-18-16-31-10-2-12-35-20-26-37)28-30(7-1)9-25-38-23-5-15-34-19-17-32-11-3-13-36-21-27-38/h1,6-7,28,31-36H,2-5,8-27H2. The first-order chi connectivity index (χ1) is 18.9. The number of nitrogens with one attached hydrogen (secondary N) is 6. The summed E-state index contributed by atoms with van der Waals surface area (Å²) in [6.07, 6.45) is 7.12. The van der Waals surface area contributed by atoms with Gasteiger partial charge in [-0.3, -0.25) is 0 Å². The Labute approximate surface area is 233 Å². The van der Waals surface area contributed by atoms with E-state index in [1.165, 1.54) is 49.9 Å². The largest absolute Gasteiger partial charge is 0.315 e. The van der Waals surface area contributed by atoms with Gasteiger partial charge in [-0.15, -0.1) is 0 Å². The Morgan fingerprint density at radius 1 is 0.447 bits per heavy atom. The Kier molecular flexibility index (Phi) is 17.9. The van der Waals surface area contributed by atoms with Crippen LogP contribution in [-0.4, -0.2) is 128 Å². The molecule has 1 aromatic rings. The summed E-state index contributed by atoms with van der Waals surface area (Å²) in [5.74, 6) is 0. The maximum atomic E-state index is 3.64. The van der Waals surface area contributed by atoms with Crippen molar-refractivity contribution in [2.24, 2.45) is 0 Å². The summed E-state index contributed by atoms with van der Waals surface area (Å²) in [5.41, 5.74) is 2.97. The van der Waals surface area contributed by atoms with E-state index in [0.717, 1.165) is 118 Å². The highest BCUT2D eigenvalue weighted by atomic mass is 15.1. The van der Waals surface area contributed by atoms with Crippen molar-refractivity contribution < 1.29 is 0 Å². The first-order valence-electron chi connectivity index (χ1n) is 15.7. The SMILES string of the molecule is c1cc(CCN2CCCNCCNCCCNCC2)cc(CCN2CCCNCCNCCCNCC2)c1.